The number of hydrogen-bond donors (Lipinski definition) is 0. The summed E-state index contributed by atoms with van der Waals surface area (Å²) >= 11 is 0. The topological polar surface area (TPSA) is 55.8 Å². The van der Waals surface area contributed by atoms with Gasteiger partial charge in [0, 0.05) is 30.2 Å². The lowest BCUT2D eigenvalue weighted by atomic mass is 9.99. The summed E-state index contributed by atoms with van der Waals surface area (Å²) in [5.74, 6) is 1.04. The number of fused-ring (bicyclic) bond motifs is 2. The number of furan rings is 1. The Hall–Kier alpha value is -3.23. The number of benzene rings is 1. The molecule has 0 amide bonds. The average Bonchev–Trinajstić information content (AvgIpc) is 3.35. The van der Waals surface area contributed by atoms with Gasteiger partial charge in [-0.2, -0.15) is 13.2 Å². The Balaban J connectivity index is 1.52. The first-order chi connectivity index (χ1) is 14.9. The summed E-state index contributed by atoms with van der Waals surface area (Å²) in [6.07, 6.45) is -0.457. The monoisotopic (exact) mass is 430 g/mol. The van der Waals surface area contributed by atoms with Crippen molar-refractivity contribution < 1.29 is 22.3 Å². The van der Waals surface area contributed by atoms with Crippen LogP contribution in [0.5, 0.6) is 5.88 Å². The molecule has 0 N–H and O–H groups in total. The SMILES string of the molecule is C[C@H]1CCCN(c2cccc3oc(-c4cnc5ccc(OCC(F)(F)F)nn45)cc23)C1. The Morgan fingerprint density at radius 1 is 1.23 bits per heavy atom. The smallest absolute Gasteiger partial charge is 0.422 e. The number of ether oxygens (including phenoxy) is 1. The highest BCUT2D eigenvalue weighted by Gasteiger charge is 2.29. The molecule has 1 saturated heterocycles. The van der Waals surface area contributed by atoms with Crippen molar-refractivity contribution in [1.82, 2.24) is 14.6 Å². The van der Waals surface area contributed by atoms with E-state index in [1.165, 1.54) is 17.0 Å². The second-order valence-corrected chi connectivity index (χ2v) is 7.98. The third kappa shape index (κ3) is 3.92. The summed E-state index contributed by atoms with van der Waals surface area (Å²) < 4.78 is 49.8. The van der Waals surface area contributed by atoms with Crippen molar-refractivity contribution in [2.75, 3.05) is 24.6 Å². The van der Waals surface area contributed by atoms with Gasteiger partial charge in [-0.15, -0.1) is 5.10 Å². The molecule has 6 nitrogen and oxygen atoms in total. The molecule has 0 unspecified atom stereocenters. The molecule has 162 valence electrons. The van der Waals surface area contributed by atoms with E-state index in [1.54, 1.807) is 12.3 Å². The van der Waals surface area contributed by atoms with Gasteiger partial charge in [0.15, 0.2) is 18.0 Å². The minimum absolute atomic E-state index is 0.136. The largest absolute Gasteiger partial charge is 0.467 e. The van der Waals surface area contributed by atoms with Gasteiger partial charge in [0.25, 0.3) is 0 Å². The maximum Gasteiger partial charge on any atom is 0.422 e. The molecule has 5 rings (SSSR count). The van der Waals surface area contributed by atoms with Crippen LogP contribution in [-0.4, -0.2) is 40.5 Å². The number of halogens is 3. The molecule has 1 atom stereocenters. The first kappa shape index (κ1) is 19.7. The van der Waals surface area contributed by atoms with Crippen LogP contribution in [0.3, 0.4) is 0 Å². The number of aromatic nitrogens is 3. The van der Waals surface area contributed by atoms with E-state index in [0.29, 0.717) is 23.0 Å². The van der Waals surface area contributed by atoms with Crippen LogP contribution in [0, 0.1) is 5.92 Å². The molecule has 0 spiro atoms. The number of piperidine rings is 1. The number of anilines is 1. The van der Waals surface area contributed by atoms with E-state index in [-0.39, 0.29) is 5.88 Å². The van der Waals surface area contributed by atoms with Crippen molar-refractivity contribution in [3.05, 3.63) is 42.6 Å². The highest BCUT2D eigenvalue weighted by Crippen LogP contribution is 2.35. The van der Waals surface area contributed by atoms with Crippen LogP contribution in [-0.2, 0) is 0 Å². The molecule has 0 radical (unpaired) electrons. The number of imidazole rings is 1. The standard InChI is InChI=1S/C22H21F3N4O2/c1-14-4-3-9-28(12-14)16-5-2-6-18-15(16)10-19(31-18)17-11-26-20-7-8-21(27-29(17)20)30-13-22(23,24)25/h2,5-8,10-11,14H,3-4,9,12-13H2,1H3/t14-/m0/s1. The van der Waals surface area contributed by atoms with Crippen LogP contribution in [0.1, 0.15) is 19.8 Å². The van der Waals surface area contributed by atoms with Crippen LogP contribution in [0.25, 0.3) is 28.1 Å². The molecule has 9 heteroatoms. The highest BCUT2D eigenvalue weighted by atomic mass is 19.4. The van der Waals surface area contributed by atoms with Gasteiger partial charge in [-0.1, -0.05) is 13.0 Å². The maximum atomic E-state index is 12.5. The Morgan fingerprint density at radius 3 is 2.90 bits per heavy atom. The molecule has 0 aliphatic carbocycles. The molecule has 1 aliphatic rings. The molecule has 4 heterocycles. The van der Waals surface area contributed by atoms with E-state index in [0.717, 1.165) is 36.2 Å². The fourth-order valence-corrected chi connectivity index (χ4v) is 4.11. The van der Waals surface area contributed by atoms with Gasteiger partial charge >= 0.3 is 6.18 Å². The average molecular weight is 430 g/mol. The summed E-state index contributed by atoms with van der Waals surface area (Å²) in [5.41, 5.74) is 2.89. The van der Waals surface area contributed by atoms with E-state index >= 15 is 0 Å². The molecular formula is C22H21F3N4O2. The molecule has 0 saturated carbocycles. The maximum absolute atomic E-state index is 12.5. The summed E-state index contributed by atoms with van der Waals surface area (Å²) in [5, 5.41) is 5.16. The van der Waals surface area contributed by atoms with Gasteiger partial charge in [0.2, 0.25) is 5.88 Å². The molecular weight excluding hydrogens is 409 g/mol. The van der Waals surface area contributed by atoms with E-state index < -0.39 is 12.8 Å². The van der Waals surface area contributed by atoms with Crippen LogP contribution in [0.2, 0.25) is 0 Å². The third-order valence-electron chi connectivity index (χ3n) is 5.51. The lowest BCUT2D eigenvalue weighted by Crippen LogP contribution is -2.34. The Morgan fingerprint density at radius 2 is 2.10 bits per heavy atom. The molecule has 31 heavy (non-hydrogen) atoms. The second kappa shape index (κ2) is 7.47. The van der Waals surface area contributed by atoms with Crippen LogP contribution in [0.15, 0.2) is 47.0 Å². The zero-order chi connectivity index (χ0) is 21.6. The van der Waals surface area contributed by atoms with Gasteiger partial charge < -0.3 is 14.1 Å². The number of rotatable bonds is 4. The first-order valence-electron chi connectivity index (χ1n) is 10.2. The second-order valence-electron chi connectivity index (χ2n) is 7.98. The quantitative estimate of drug-likeness (QED) is 0.439. The van der Waals surface area contributed by atoms with Gasteiger partial charge in [-0.05, 0) is 43.0 Å². The minimum atomic E-state index is -4.44. The van der Waals surface area contributed by atoms with Crippen molar-refractivity contribution >= 4 is 22.3 Å². The normalized spacial score (nSPS) is 17.5. The minimum Gasteiger partial charge on any atom is -0.467 e. The predicted octanol–water partition coefficient (Wildman–Crippen LogP) is 5.32. The molecule has 1 aliphatic heterocycles. The lowest BCUT2D eigenvalue weighted by Gasteiger charge is -2.33. The van der Waals surface area contributed by atoms with Gasteiger partial charge in [0.1, 0.15) is 11.3 Å². The highest BCUT2D eigenvalue weighted by molar-refractivity contribution is 5.94. The summed E-state index contributed by atoms with van der Waals surface area (Å²) in [7, 11) is 0. The van der Waals surface area contributed by atoms with E-state index in [9.17, 15) is 13.2 Å². The van der Waals surface area contributed by atoms with Crippen molar-refractivity contribution in [2.24, 2.45) is 5.92 Å². The number of nitrogens with zero attached hydrogens (tertiary/aromatic N) is 4. The van der Waals surface area contributed by atoms with Crippen molar-refractivity contribution in [3.8, 4) is 17.3 Å². The van der Waals surface area contributed by atoms with Crippen LogP contribution < -0.4 is 9.64 Å². The summed E-state index contributed by atoms with van der Waals surface area (Å²) in [6, 6.07) is 10.8. The van der Waals surface area contributed by atoms with Crippen molar-refractivity contribution in [2.45, 2.75) is 25.9 Å². The van der Waals surface area contributed by atoms with Crippen molar-refractivity contribution in [3.63, 3.8) is 0 Å². The van der Waals surface area contributed by atoms with Gasteiger partial charge in [-0.25, -0.2) is 9.50 Å². The van der Waals surface area contributed by atoms with Crippen LogP contribution >= 0.6 is 0 Å². The molecule has 1 fully saturated rings. The molecule has 1 aromatic carbocycles. The Bertz CT molecular complexity index is 1230. The number of alkyl halides is 3. The fourth-order valence-electron chi connectivity index (χ4n) is 4.11. The van der Waals surface area contributed by atoms with Crippen molar-refractivity contribution in [1.29, 1.82) is 0 Å². The lowest BCUT2D eigenvalue weighted by molar-refractivity contribution is -0.154. The molecule has 4 aromatic rings. The Labute approximate surface area is 176 Å². The zero-order valence-corrected chi connectivity index (χ0v) is 16.9. The third-order valence-corrected chi connectivity index (χ3v) is 5.51. The first-order valence-corrected chi connectivity index (χ1v) is 10.2. The van der Waals surface area contributed by atoms with E-state index in [4.69, 9.17) is 9.15 Å². The van der Waals surface area contributed by atoms with Gasteiger partial charge in [0.05, 0.1) is 6.20 Å². The van der Waals surface area contributed by atoms with Gasteiger partial charge in [-0.3, -0.25) is 0 Å². The molecule has 0 bridgehead atoms. The molecule has 3 aromatic heterocycles. The van der Waals surface area contributed by atoms with Crippen LogP contribution in [0.4, 0.5) is 18.9 Å². The fraction of sp³-hybridized carbons (Fsp3) is 0.364. The summed E-state index contributed by atoms with van der Waals surface area (Å²) in [4.78, 5) is 6.67. The summed E-state index contributed by atoms with van der Waals surface area (Å²) in [6.45, 7) is 2.85. The Kier molecular flexibility index (Phi) is 4.75. The number of hydrogen-bond acceptors (Lipinski definition) is 5. The van der Waals surface area contributed by atoms with E-state index in [2.05, 4.69) is 28.0 Å². The van der Waals surface area contributed by atoms with E-state index in [1.807, 2.05) is 18.2 Å². The predicted molar refractivity (Wildman–Crippen MR) is 110 cm³/mol. The zero-order valence-electron chi connectivity index (χ0n) is 16.9.